The predicted octanol–water partition coefficient (Wildman–Crippen LogP) is 2.35. The minimum Gasteiger partial charge on any atom is -0.452 e. The Labute approximate surface area is 104 Å². The van der Waals surface area contributed by atoms with Crippen LogP contribution in [0.4, 0.5) is 13.2 Å². The monoisotopic (exact) mass is 265 g/mol. The normalized spacial score (nSPS) is 29.0. The molecule has 2 rings (SSSR count). The topological polar surface area (TPSA) is 29.5 Å². The Morgan fingerprint density at radius 2 is 1.89 bits per heavy atom. The molecule has 0 aromatic carbocycles. The molecule has 2 heterocycles. The number of hydrogen-bond acceptors (Lipinski definition) is 3. The highest BCUT2D eigenvalue weighted by atomic mass is 19.4. The second-order valence-electron chi connectivity index (χ2n) is 5.55. The van der Waals surface area contributed by atoms with Gasteiger partial charge in [0, 0.05) is 12.5 Å². The first kappa shape index (κ1) is 13.6. The van der Waals surface area contributed by atoms with Gasteiger partial charge in [-0.15, -0.1) is 0 Å². The Balaban J connectivity index is 2.04. The van der Waals surface area contributed by atoms with Gasteiger partial charge in [-0.2, -0.15) is 13.2 Å². The van der Waals surface area contributed by atoms with E-state index in [1.165, 1.54) is 0 Å². The molecule has 1 spiro atoms. The van der Waals surface area contributed by atoms with Crippen molar-refractivity contribution in [3.05, 3.63) is 0 Å². The Kier molecular flexibility index (Phi) is 3.34. The number of nitrogens with zero attached hydrogens (tertiary/aromatic N) is 1. The average molecular weight is 265 g/mol. The Bertz CT molecular complexity index is 333. The van der Waals surface area contributed by atoms with E-state index in [1.54, 1.807) is 0 Å². The van der Waals surface area contributed by atoms with Crippen LogP contribution >= 0.6 is 0 Å². The molecule has 1 atom stereocenters. The summed E-state index contributed by atoms with van der Waals surface area (Å²) in [6, 6.07) is 0.359. The van der Waals surface area contributed by atoms with E-state index in [2.05, 4.69) is 9.64 Å². The average Bonchev–Trinajstić information content (AvgIpc) is 2.57. The Hall–Kier alpha value is -0.780. The summed E-state index contributed by atoms with van der Waals surface area (Å²) < 4.78 is 42.3. The van der Waals surface area contributed by atoms with E-state index in [4.69, 9.17) is 0 Å². The lowest BCUT2D eigenvalue weighted by atomic mass is 9.76. The second-order valence-corrected chi connectivity index (χ2v) is 5.55. The van der Waals surface area contributed by atoms with Crippen LogP contribution in [0.15, 0.2) is 0 Å². The van der Waals surface area contributed by atoms with Crippen molar-refractivity contribution < 1.29 is 22.7 Å². The number of cyclic esters (lactones) is 1. The van der Waals surface area contributed by atoms with E-state index < -0.39 is 23.7 Å². The molecule has 3 nitrogen and oxygen atoms in total. The van der Waals surface area contributed by atoms with Crippen LogP contribution in [0.25, 0.3) is 0 Å². The molecule has 104 valence electrons. The van der Waals surface area contributed by atoms with Crippen LogP contribution in [0.2, 0.25) is 0 Å². The van der Waals surface area contributed by atoms with E-state index in [0.29, 0.717) is 32.0 Å². The van der Waals surface area contributed by atoms with Crippen molar-refractivity contribution in [2.24, 2.45) is 5.41 Å². The maximum Gasteiger partial charge on any atom is 0.425 e. The van der Waals surface area contributed by atoms with E-state index in [-0.39, 0.29) is 6.42 Å². The number of hydrogen-bond donors (Lipinski definition) is 0. The van der Waals surface area contributed by atoms with Gasteiger partial charge in [0.2, 0.25) is 0 Å². The second kappa shape index (κ2) is 4.40. The van der Waals surface area contributed by atoms with E-state index >= 15 is 0 Å². The van der Waals surface area contributed by atoms with Gasteiger partial charge in [0.1, 0.15) is 0 Å². The van der Waals surface area contributed by atoms with Crippen LogP contribution in [-0.2, 0) is 9.53 Å². The number of carbonyl (C=O) groups is 1. The summed E-state index contributed by atoms with van der Waals surface area (Å²) in [7, 11) is 0. The zero-order valence-corrected chi connectivity index (χ0v) is 10.6. The van der Waals surface area contributed by atoms with E-state index in [9.17, 15) is 18.0 Å². The van der Waals surface area contributed by atoms with Crippen molar-refractivity contribution >= 4 is 5.97 Å². The first-order valence-electron chi connectivity index (χ1n) is 6.26. The third kappa shape index (κ3) is 2.35. The number of alkyl halides is 3. The Morgan fingerprint density at radius 1 is 1.33 bits per heavy atom. The molecule has 2 aliphatic heterocycles. The third-order valence-electron chi connectivity index (χ3n) is 4.11. The molecule has 0 aromatic heterocycles. The van der Waals surface area contributed by atoms with Gasteiger partial charge in [0.15, 0.2) is 6.10 Å². The summed E-state index contributed by atoms with van der Waals surface area (Å²) in [6.07, 6.45) is -5.61. The van der Waals surface area contributed by atoms with E-state index in [1.807, 2.05) is 13.8 Å². The quantitative estimate of drug-likeness (QED) is 0.682. The van der Waals surface area contributed by atoms with Gasteiger partial charge in [-0.3, -0.25) is 4.79 Å². The lowest BCUT2D eigenvalue weighted by Gasteiger charge is -2.38. The van der Waals surface area contributed by atoms with Gasteiger partial charge in [0.25, 0.3) is 0 Å². The van der Waals surface area contributed by atoms with Crippen LogP contribution in [0, 0.1) is 5.41 Å². The van der Waals surface area contributed by atoms with Gasteiger partial charge in [0.05, 0.1) is 5.41 Å². The molecule has 6 heteroatoms. The fraction of sp³-hybridized carbons (Fsp3) is 0.917. The highest BCUT2D eigenvalue weighted by Crippen LogP contribution is 2.47. The molecule has 0 saturated carbocycles. The van der Waals surface area contributed by atoms with Crippen molar-refractivity contribution in [1.29, 1.82) is 0 Å². The minimum absolute atomic E-state index is 0.207. The maximum atomic E-state index is 12.6. The summed E-state index contributed by atoms with van der Waals surface area (Å²) in [6.45, 7) is 5.42. The maximum absolute atomic E-state index is 12.6. The number of carbonyl (C=O) groups excluding carboxylic acids is 1. The van der Waals surface area contributed by atoms with Crippen molar-refractivity contribution in [3.8, 4) is 0 Å². The zero-order valence-electron chi connectivity index (χ0n) is 10.6. The van der Waals surface area contributed by atoms with Crippen LogP contribution in [0.1, 0.15) is 33.1 Å². The highest BCUT2D eigenvalue weighted by Gasteiger charge is 2.58. The van der Waals surface area contributed by atoms with Gasteiger partial charge in [-0.25, -0.2) is 0 Å². The molecule has 0 amide bonds. The zero-order chi connectivity index (χ0) is 13.6. The highest BCUT2D eigenvalue weighted by molar-refractivity contribution is 5.79. The number of piperidine rings is 1. The van der Waals surface area contributed by atoms with Crippen LogP contribution in [-0.4, -0.2) is 42.3 Å². The molecule has 0 bridgehead atoms. The fourth-order valence-corrected chi connectivity index (χ4v) is 2.79. The van der Waals surface area contributed by atoms with Crippen LogP contribution < -0.4 is 0 Å². The lowest BCUT2D eigenvalue weighted by Crippen LogP contribution is -2.45. The summed E-state index contributed by atoms with van der Waals surface area (Å²) in [5.41, 5.74) is -0.897. The lowest BCUT2D eigenvalue weighted by molar-refractivity contribution is -0.209. The van der Waals surface area contributed by atoms with E-state index in [0.717, 1.165) is 0 Å². The number of rotatable bonds is 1. The molecule has 2 fully saturated rings. The first-order chi connectivity index (χ1) is 8.24. The Morgan fingerprint density at radius 3 is 2.28 bits per heavy atom. The SMILES string of the molecule is CC(C)N1CCC2(CC1)CC(C(F)(F)F)OC2=O. The van der Waals surface area contributed by atoms with Crippen molar-refractivity contribution in [1.82, 2.24) is 4.90 Å². The number of likely N-dealkylation sites (tertiary alicyclic amines) is 1. The molecule has 1 unspecified atom stereocenters. The van der Waals surface area contributed by atoms with Crippen LogP contribution in [0.3, 0.4) is 0 Å². The van der Waals surface area contributed by atoms with Gasteiger partial charge >= 0.3 is 12.1 Å². The number of ether oxygens (including phenoxy) is 1. The molecule has 2 aliphatic rings. The predicted molar refractivity (Wildman–Crippen MR) is 58.9 cm³/mol. The van der Waals surface area contributed by atoms with Crippen LogP contribution in [0.5, 0.6) is 0 Å². The van der Waals surface area contributed by atoms with Gasteiger partial charge in [-0.05, 0) is 39.8 Å². The van der Waals surface area contributed by atoms with Crippen molar-refractivity contribution in [3.63, 3.8) is 0 Å². The standard InChI is InChI=1S/C12H18F3NO2/c1-8(2)16-5-3-11(4-6-16)7-9(12(13,14)15)18-10(11)17/h8-9H,3-7H2,1-2H3. The molecule has 0 radical (unpaired) electrons. The molecular formula is C12H18F3NO2. The summed E-state index contributed by atoms with van der Waals surface area (Å²) >= 11 is 0. The third-order valence-corrected chi connectivity index (χ3v) is 4.11. The number of halogens is 3. The molecule has 0 N–H and O–H groups in total. The summed E-state index contributed by atoms with van der Waals surface area (Å²) in [5.74, 6) is -0.659. The molecule has 0 aliphatic carbocycles. The molecular weight excluding hydrogens is 247 g/mol. The fourth-order valence-electron chi connectivity index (χ4n) is 2.79. The van der Waals surface area contributed by atoms with Gasteiger partial charge in [-0.1, -0.05) is 0 Å². The smallest absolute Gasteiger partial charge is 0.425 e. The van der Waals surface area contributed by atoms with Crippen molar-refractivity contribution in [2.75, 3.05) is 13.1 Å². The largest absolute Gasteiger partial charge is 0.452 e. The molecule has 2 saturated heterocycles. The number of esters is 1. The molecule has 0 aromatic rings. The summed E-state index contributed by atoms with van der Waals surface area (Å²) in [5, 5.41) is 0. The molecule has 18 heavy (non-hydrogen) atoms. The van der Waals surface area contributed by atoms with Gasteiger partial charge < -0.3 is 9.64 Å². The first-order valence-corrected chi connectivity index (χ1v) is 6.26. The minimum atomic E-state index is -4.44. The van der Waals surface area contributed by atoms with Crippen molar-refractivity contribution in [2.45, 2.75) is 51.4 Å². The summed E-state index contributed by atoms with van der Waals surface area (Å²) in [4.78, 5) is 13.9.